The number of ether oxygens (including phenoxy) is 1. The summed E-state index contributed by atoms with van der Waals surface area (Å²) in [4.78, 5) is 24.8. The van der Waals surface area contributed by atoms with Crippen molar-refractivity contribution in [2.45, 2.75) is 13.2 Å². The molecule has 1 aromatic heterocycles. The number of carbonyl (C=O) groups excluding carboxylic acids is 1. The molecule has 4 aromatic rings. The number of rotatable bonds is 8. The van der Waals surface area contributed by atoms with Crippen LogP contribution in [0.4, 0.5) is 25.8 Å². The summed E-state index contributed by atoms with van der Waals surface area (Å²) in [5.74, 6) is -0.264. The van der Waals surface area contributed by atoms with E-state index in [4.69, 9.17) is 0 Å². The normalized spacial score (nSPS) is 10.7. The van der Waals surface area contributed by atoms with Crippen LogP contribution in [0.25, 0.3) is 0 Å². The van der Waals surface area contributed by atoms with Crippen molar-refractivity contribution in [3.05, 3.63) is 119 Å². The number of amides is 1. The van der Waals surface area contributed by atoms with Gasteiger partial charge < -0.3 is 19.9 Å². The molecule has 6 nitrogen and oxygen atoms in total. The molecule has 0 aliphatic carbocycles. The molecule has 34 heavy (non-hydrogen) atoms. The molecule has 4 rings (SSSR count). The molecule has 2 N–H and O–H groups in total. The van der Waals surface area contributed by atoms with Crippen LogP contribution in [0.1, 0.15) is 15.9 Å². The highest BCUT2D eigenvalue weighted by molar-refractivity contribution is 6.08. The molecule has 0 atom stereocenters. The first-order valence-electron chi connectivity index (χ1n) is 10.4. The largest absolute Gasteiger partial charge is 0.435 e. The van der Waals surface area contributed by atoms with Crippen LogP contribution in [-0.4, -0.2) is 17.1 Å². The Morgan fingerprint density at radius 2 is 1.53 bits per heavy atom. The first-order valence-corrected chi connectivity index (χ1v) is 10.4. The zero-order chi connectivity index (χ0) is 23.9. The fourth-order valence-corrected chi connectivity index (χ4v) is 3.35. The SMILES string of the molecule is O=C(Nc1ccc(Cn2ccccc2=O)cc1)c1ccccc1Nc1ccc(OC(F)F)cc1. The van der Waals surface area contributed by atoms with Gasteiger partial charge in [-0.2, -0.15) is 8.78 Å². The molecule has 0 bridgehead atoms. The highest BCUT2D eigenvalue weighted by atomic mass is 19.3. The maximum atomic E-state index is 12.9. The van der Waals surface area contributed by atoms with Crippen molar-refractivity contribution in [3.8, 4) is 5.75 Å². The standard InChI is InChI=1S/C26H21F2N3O3/c27-26(28)34-21-14-12-19(13-15-21)29-23-6-2-1-5-22(23)25(33)30-20-10-8-18(9-11-20)17-31-16-4-3-7-24(31)32/h1-16,26,29H,17H2,(H,30,33). The van der Waals surface area contributed by atoms with E-state index in [1.54, 1.807) is 71.4 Å². The fourth-order valence-electron chi connectivity index (χ4n) is 3.35. The first-order chi connectivity index (χ1) is 16.5. The molecule has 3 aromatic carbocycles. The van der Waals surface area contributed by atoms with Gasteiger partial charge in [0, 0.05) is 23.6 Å². The number of anilines is 3. The molecule has 8 heteroatoms. The molecule has 0 fully saturated rings. The van der Waals surface area contributed by atoms with Gasteiger partial charge in [0.05, 0.1) is 17.8 Å². The quantitative estimate of drug-likeness (QED) is 0.364. The summed E-state index contributed by atoms with van der Waals surface area (Å²) < 4.78 is 30.6. The van der Waals surface area contributed by atoms with Crippen molar-refractivity contribution >= 4 is 23.0 Å². The Morgan fingerprint density at radius 3 is 2.24 bits per heavy atom. The molecular formula is C26H21F2N3O3. The monoisotopic (exact) mass is 461 g/mol. The van der Waals surface area contributed by atoms with Gasteiger partial charge >= 0.3 is 6.61 Å². The molecule has 0 saturated heterocycles. The van der Waals surface area contributed by atoms with E-state index in [1.807, 2.05) is 12.1 Å². The zero-order valence-corrected chi connectivity index (χ0v) is 17.9. The molecule has 0 aliphatic rings. The molecule has 0 radical (unpaired) electrons. The third-order valence-electron chi connectivity index (χ3n) is 4.99. The van der Waals surface area contributed by atoms with E-state index in [-0.39, 0.29) is 17.2 Å². The van der Waals surface area contributed by atoms with E-state index in [2.05, 4.69) is 15.4 Å². The van der Waals surface area contributed by atoms with E-state index < -0.39 is 6.61 Å². The van der Waals surface area contributed by atoms with Gasteiger partial charge in [0.2, 0.25) is 0 Å². The van der Waals surface area contributed by atoms with Gasteiger partial charge in [-0.05, 0) is 60.2 Å². The Morgan fingerprint density at radius 1 is 0.853 bits per heavy atom. The van der Waals surface area contributed by atoms with Gasteiger partial charge in [0.25, 0.3) is 11.5 Å². The number of alkyl halides is 2. The maximum absolute atomic E-state index is 12.9. The minimum atomic E-state index is -2.89. The number of benzene rings is 3. The lowest BCUT2D eigenvalue weighted by atomic mass is 10.1. The number of para-hydroxylation sites is 1. The second kappa shape index (κ2) is 10.4. The summed E-state index contributed by atoms with van der Waals surface area (Å²) >= 11 is 0. The number of nitrogens with zero attached hydrogens (tertiary/aromatic N) is 1. The van der Waals surface area contributed by atoms with Crippen molar-refractivity contribution in [3.63, 3.8) is 0 Å². The molecular weight excluding hydrogens is 440 g/mol. The highest BCUT2D eigenvalue weighted by Crippen LogP contribution is 2.24. The first kappa shape index (κ1) is 22.7. The van der Waals surface area contributed by atoms with E-state index >= 15 is 0 Å². The summed E-state index contributed by atoms with van der Waals surface area (Å²) in [5.41, 5.74) is 3.03. The number of nitrogens with one attached hydrogen (secondary N) is 2. The summed E-state index contributed by atoms with van der Waals surface area (Å²) in [6.07, 6.45) is 1.72. The average Bonchev–Trinajstić information content (AvgIpc) is 2.83. The van der Waals surface area contributed by atoms with E-state index in [0.717, 1.165) is 5.56 Å². The van der Waals surface area contributed by atoms with Gasteiger partial charge in [-0.3, -0.25) is 9.59 Å². The van der Waals surface area contributed by atoms with Crippen LogP contribution >= 0.6 is 0 Å². The Kier molecular flexibility index (Phi) is 6.98. The van der Waals surface area contributed by atoms with Crippen LogP contribution in [0.3, 0.4) is 0 Å². The number of halogens is 2. The van der Waals surface area contributed by atoms with Crippen LogP contribution in [-0.2, 0) is 6.54 Å². The predicted octanol–water partition coefficient (Wildman–Crippen LogP) is 5.49. The van der Waals surface area contributed by atoms with Crippen molar-refractivity contribution in [1.29, 1.82) is 0 Å². The summed E-state index contributed by atoms with van der Waals surface area (Å²) in [6, 6.07) is 25.2. The smallest absolute Gasteiger partial charge is 0.387 e. The van der Waals surface area contributed by atoms with Crippen molar-refractivity contribution in [2.24, 2.45) is 0 Å². The Bertz CT molecular complexity index is 1320. The number of hydrogen-bond donors (Lipinski definition) is 2. The number of hydrogen-bond acceptors (Lipinski definition) is 4. The van der Waals surface area contributed by atoms with Gasteiger partial charge in [-0.15, -0.1) is 0 Å². The predicted molar refractivity (Wildman–Crippen MR) is 127 cm³/mol. The second-order valence-electron chi connectivity index (χ2n) is 7.39. The van der Waals surface area contributed by atoms with E-state index in [9.17, 15) is 18.4 Å². The van der Waals surface area contributed by atoms with Crippen molar-refractivity contribution < 1.29 is 18.3 Å². The summed E-state index contributed by atoms with van der Waals surface area (Å²) in [6.45, 7) is -2.46. The van der Waals surface area contributed by atoms with Crippen molar-refractivity contribution in [1.82, 2.24) is 4.57 Å². The van der Waals surface area contributed by atoms with Crippen LogP contribution < -0.4 is 20.9 Å². The molecule has 0 spiro atoms. The van der Waals surface area contributed by atoms with E-state index in [0.29, 0.717) is 29.2 Å². The van der Waals surface area contributed by atoms with Crippen LogP contribution in [0.2, 0.25) is 0 Å². The lowest BCUT2D eigenvalue weighted by Crippen LogP contribution is -2.18. The van der Waals surface area contributed by atoms with Gasteiger partial charge in [0.1, 0.15) is 5.75 Å². The summed E-state index contributed by atoms with van der Waals surface area (Å²) in [5, 5.41) is 5.99. The fraction of sp³-hybridized carbons (Fsp3) is 0.0769. The minimum Gasteiger partial charge on any atom is -0.435 e. The number of pyridine rings is 1. The molecule has 1 heterocycles. The number of carbonyl (C=O) groups is 1. The Balaban J connectivity index is 1.43. The maximum Gasteiger partial charge on any atom is 0.387 e. The van der Waals surface area contributed by atoms with Gasteiger partial charge in [-0.25, -0.2) is 0 Å². The molecule has 0 aliphatic heterocycles. The average molecular weight is 461 g/mol. The lowest BCUT2D eigenvalue weighted by Gasteiger charge is -2.13. The molecule has 0 saturated carbocycles. The topological polar surface area (TPSA) is 72.4 Å². The van der Waals surface area contributed by atoms with Gasteiger partial charge in [0.15, 0.2) is 0 Å². The second-order valence-corrected chi connectivity index (χ2v) is 7.39. The Hall–Kier alpha value is -4.46. The molecule has 1 amide bonds. The van der Waals surface area contributed by atoms with Gasteiger partial charge in [-0.1, -0.05) is 30.3 Å². The third-order valence-corrected chi connectivity index (χ3v) is 4.99. The molecule has 0 unspecified atom stereocenters. The number of aromatic nitrogens is 1. The summed E-state index contributed by atoms with van der Waals surface area (Å²) in [7, 11) is 0. The highest BCUT2D eigenvalue weighted by Gasteiger charge is 2.12. The van der Waals surface area contributed by atoms with Crippen LogP contribution in [0, 0.1) is 0 Å². The van der Waals surface area contributed by atoms with E-state index in [1.165, 1.54) is 18.2 Å². The third kappa shape index (κ3) is 5.86. The Labute approximate surface area is 194 Å². The zero-order valence-electron chi connectivity index (χ0n) is 17.9. The van der Waals surface area contributed by atoms with Crippen LogP contribution in [0.5, 0.6) is 5.75 Å². The van der Waals surface area contributed by atoms with Crippen LogP contribution in [0.15, 0.2) is 102 Å². The lowest BCUT2D eigenvalue weighted by molar-refractivity contribution is -0.0498. The van der Waals surface area contributed by atoms with Crippen molar-refractivity contribution in [2.75, 3.05) is 10.6 Å². The molecule has 172 valence electrons. The minimum absolute atomic E-state index is 0.0483.